The highest BCUT2D eigenvalue weighted by Crippen LogP contribution is 2.32. The molecule has 28 heavy (non-hydrogen) atoms. The number of aromatic nitrogens is 4. The molecule has 2 N–H and O–H groups in total. The van der Waals surface area contributed by atoms with Crippen molar-refractivity contribution in [3.8, 4) is 17.3 Å². The zero-order chi connectivity index (χ0) is 19.3. The Morgan fingerprint density at radius 2 is 2.04 bits per heavy atom. The summed E-state index contributed by atoms with van der Waals surface area (Å²) in [7, 11) is 0. The largest absolute Gasteiger partial charge is 0.454 e. The number of benzene rings is 1. The summed E-state index contributed by atoms with van der Waals surface area (Å²) in [6, 6.07) is 7.36. The molecule has 0 aliphatic carbocycles. The Morgan fingerprint density at radius 3 is 2.89 bits per heavy atom. The van der Waals surface area contributed by atoms with Crippen LogP contribution in [-0.2, 0) is 11.2 Å². The number of nitrogens with zero attached hydrogens (tertiary/aromatic N) is 4. The molecule has 0 saturated carbocycles. The highest BCUT2D eigenvalue weighted by atomic mass is 16.7. The highest BCUT2D eigenvalue weighted by Gasteiger charge is 2.14. The van der Waals surface area contributed by atoms with E-state index in [0.717, 1.165) is 17.2 Å². The number of anilines is 1. The molecular formula is C19H20N6O3. The van der Waals surface area contributed by atoms with E-state index in [2.05, 4.69) is 25.6 Å². The van der Waals surface area contributed by atoms with Crippen LogP contribution >= 0.6 is 0 Å². The van der Waals surface area contributed by atoms with Gasteiger partial charge in [0.05, 0.1) is 6.42 Å². The van der Waals surface area contributed by atoms with Crippen LogP contribution in [0.5, 0.6) is 11.5 Å². The summed E-state index contributed by atoms with van der Waals surface area (Å²) in [5, 5.41) is 6.07. The Morgan fingerprint density at radius 1 is 1.14 bits per heavy atom. The van der Waals surface area contributed by atoms with Crippen molar-refractivity contribution in [1.82, 2.24) is 24.8 Å². The fraction of sp³-hybridized carbons (Fsp3) is 0.263. The van der Waals surface area contributed by atoms with Crippen molar-refractivity contribution in [2.45, 2.75) is 13.3 Å². The van der Waals surface area contributed by atoms with Gasteiger partial charge in [0.2, 0.25) is 12.7 Å². The van der Waals surface area contributed by atoms with Gasteiger partial charge in [0.1, 0.15) is 23.8 Å². The molecule has 4 rings (SSSR count). The van der Waals surface area contributed by atoms with E-state index in [0.29, 0.717) is 30.4 Å². The van der Waals surface area contributed by atoms with E-state index in [4.69, 9.17) is 9.47 Å². The predicted octanol–water partition coefficient (Wildman–Crippen LogP) is 1.47. The third-order valence-electron chi connectivity index (χ3n) is 4.28. The summed E-state index contributed by atoms with van der Waals surface area (Å²) in [6.45, 7) is 3.16. The van der Waals surface area contributed by atoms with E-state index in [1.165, 1.54) is 6.33 Å². The molecule has 0 radical (unpaired) electrons. The van der Waals surface area contributed by atoms with Crippen molar-refractivity contribution >= 4 is 11.7 Å². The second kappa shape index (κ2) is 7.95. The topological polar surface area (TPSA) is 103 Å². The first kappa shape index (κ1) is 17.8. The highest BCUT2D eigenvalue weighted by molar-refractivity contribution is 5.78. The van der Waals surface area contributed by atoms with Gasteiger partial charge in [0.25, 0.3) is 0 Å². The van der Waals surface area contributed by atoms with E-state index >= 15 is 0 Å². The van der Waals surface area contributed by atoms with Crippen LogP contribution in [0.15, 0.2) is 43.0 Å². The Bertz CT molecular complexity index is 987. The third-order valence-corrected chi connectivity index (χ3v) is 4.28. The second-order valence-corrected chi connectivity index (χ2v) is 6.25. The van der Waals surface area contributed by atoms with Crippen LogP contribution in [-0.4, -0.2) is 45.3 Å². The first-order valence-corrected chi connectivity index (χ1v) is 8.90. The van der Waals surface area contributed by atoms with Crippen LogP contribution in [0, 0.1) is 6.92 Å². The molecule has 1 aliphatic heterocycles. The first-order valence-electron chi connectivity index (χ1n) is 8.90. The average Bonchev–Trinajstić information content (AvgIpc) is 3.34. The monoisotopic (exact) mass is 380 g/mol. The molecule has 1 aromatic carbocycles. The molecule has 0 fully saturated rings. The van der Waals surface area contributed by atoms with E-state index in [1.807, 2.05) is 42.0 Å². The minimum absolute atomic E-state index is 0.0573. The Hall–Kier alpha value is -3.62. The van der Waals surface area contributed by atoms with Gasteiger partial charge in [-0.3, -0.25) is 9.36 Å². The Labute approximate surface area is 161 Å². The lowest BCUT2D eigenvalue weighted by Gasteiger charge is -2.09. The van der Waals surface area contributed by atoms with Crippen LogP contribution in [0.25, 0.3) is 5.82 Å². The summed E-state index contributed by atoms with van der Waals surface area (Å²) in [5.74, 6) is 3.60. The zero-order valence-corrected chi connectivity index (χ0v) is 15.4. The van der Waals surface area contributed by atoms with Gasteiger partial charge in [-0.15, -0.1) is 0 Å². The lowest BCUT2D eigenvalue weighted by molar-refractivity contribution is -0.120. The van der Waals surface area contributed by atoms with Gasteiger partial charge in [0.15, 0.2) is 11.5 Å². The standard InChI is InChI=1S/C19H20N6O3/c1-13-20-6-7-25(13)18-10-17(23-11-24-18)21-4-5-22-19(26)9-14-2-3-15-16(8-14)28-12-27-15/h2-3,6-8,10-11H,4-5,9,12H2,1H3,(H,22,26)(H,21,23,24). The van der Waals surface area contributed by atoms with Crippen molar-refractivity contribution in [2.75, 3.05) is 25.2 Å². The molecule has 0 saturated heterocycles. The molecule has 2 aromatic heterocycles. The van der Waals surface area contributed by atoms with Crippen LogP contribution in [0.1, 0.15) is 11.4 Å². The van der Waals surface area contributed by atoms with Crippen LogP contribution in [0.2, 0.25) is 0 Å². The number of aryl methyl sites for hydroxylation is 1. The molecular weight excluding hydrogens is 360 g/mol. The summed E-state index contributed by atoms with van der Waals surface area (Å²) >= 11 is 0. The minimum atomic E-state index is -0.0573. The number of amides is 1. The van der Waals surface area contributed by atoms with E-state index in [1.54, 1.807) is 6.20 Å². The maximum atomic E-state index is 12.1. The maximum Gasteiger partial charge on any atom is 0.231 e. The maximum absolute atomic E-state index is 12.1. The molecule has 0 spiro atoms. The summed E-state index contributed by atoms with van der Waals surface area (Å²) in [4.78, 5) is 24.8. The van der Waals surface area contributed by atoms with E-state index in [-0.39, 0.29) is 19.1 Å². The van der Waals surface area contributed by atoms with E-state index in [9.17, 15) is 4.79 Å². The normalized spacial score (nSPS) is 12.0. The van der Waals surface area contributed by atoms with Crippen LogP contribution in [0.4, 0.5) is 5.82 Å². The molecule has 3 heterocycles. The second-order valence-electron chi connectivity index (χ2n) is 6.25. The number of hydrogen-bond acceptors (Lipinski definition) is 7. The number of fused-ring (bicyclic) bond motifs is 1. The number of carbonyl (C=O) groups excluding carboxylic acids is 1. The Kier molecular flexibility index (Phi) is 5.05. The minimum Gasteiger partial charge on any atom is -0.454 e. The molecule has 0 unspecified atom stereocenters. The number of hydrogen-bond donors (Lipinski definition) is 2. The molecule has 0 bridgehead atoms. The molecule has 9 nitrogen and oxygen atoms in total. The first-order chi connectivity index (χ1) is 13.7. The molecule has 144 valence electrons. The van der Waals surface area contributed by atoms with Crippen molar-refractivity contribution in [3.05, 3.63) is 54.4 Å². The lowest BCUT2D eigenvalue weighted by Crippen LogP contribution is -2.30. The smallest absolute Gasteiger partial charge is 0.231 e. The average molecular weight is 380 g/mol. The Balaban J connectivity index is 1.24. The van der Waals surface area contributed by atoms with E-state index < -0.39 is 0 Å². The zero-order valence-electron chi connectivity index (χ0n) is 15.4. The number of rotatable bonds is 7. The van der Waals surface area contributed by atoms with Crippen molar-refractivity contribution in [1.29, 1.82) is 0 Å². The van der Waals surface area contributed by atoms with Gasteiger partial charge in [-0.05, 0) is 24.6 Å². The van der Waals surface area contributed by atoms with Gasteiger partial charge in [-0.25, -0.2) is 15.0 Å². The molecule has 3 aromatic rings. The van der Waals surface area contributed by atoms with Gasteiger partial charge >= 0.3 is 0 Å². The number of ether oxygens (including phenoxy) is 2. The SMILES string of the molecule is Cc1nccn1-c1cc(NCCNC(=O)Cc2ccc3c(c2)OCO3)ncn1. The lowest BCUT2D eigenvalue weighted by atomic mass is 10.1. The summed E-state index contributed by atoms with van der Waals surface area (Å²) in [5.41, 5.74) is 0.880. The number of nitrogens with one attached hydrogen (secondary N) is 2. The molecule has 1 aliphatic rings. The van der Waals surface area contributed by atoms with Crippen molar-refractivity contribution in [2.24, 2.45) is 0 Å². The van der Waals surface area contributed by atoms with Crippen molar-refractivity contribution < 1.29 is 14.3 Å². The van der Waals surface area contributed by atoms with Crippen LogP contribution < -0.4 is 20.1 Å². The third kappa shape index (κ3) is 4.03. The summed E-state index contributed by atoms with van der Waals surface area (Å²) in [6.07, 6.45) is 5.35. The molecule has 1 amide bonds. The van der Waals surface area contributed by atoms with Gasteiger partial charge in [-0.1, -0.05) is 6.07 Å². The van der Waals surface area contributed by atoms with Gasteiger partial charge < -0.3 is 20.1 Å². The van der Waals surface area contributed by atoms with Crippen LogP contribution in [0.3, 0.4) is 0 Å². The number of imidazole rings is 1. The van der Waals surface area contributed by atoms with Gasteiger partial charge in [-0.2, -0.15) is 0 Å². The van der Waals surface area contributed by atoms with Crippen molar-refractivity contribution in [3.63, 3.8) is 0 Å². The van der Waals surface area contributed by atoms with Gasteiger partial charge in [0, 0.05) is 31.5 Å². The fourth-order valence-corrected chi connectivity index (χ4v) is 2.89. The predicted molar refractivity (Wildman–Crippen MR) is 102 cm³/mol. The molecule has 9 heteroatoms. The molecule has 0 atom stereocenters. The summed E-state index contributed by atoms with van der Waals surface area (Å²) < 4.78 is 12.5. The fourth-order valence-electron chi connectivity index (χ4n) is 2.89. The quantitative estimate of drug-likeness (QED) is 0.598. The number of carbonyl (C=O) groups is 1.